The zero-order valence-electron chi connectivity index (χ0n) is 13.8. The molecular formula is C18H29N3. The van der Waals surface area contributed by atoms with Crippen LogP contribution in [0.1, 0.15) is 57.2 Å². The van der Waals surface area contributed by atoms with Gasteiger partial charge in [0.25, 0.3) is 0 Å². The first-order chi connectivity index (χ1) is 10.1. The molecule has 3 rings (SSSR count). The molecule has 0 spiro atoms. The third-order valence-electron chi connectivity index (χ3n) is 5.15. The van der Waals surface area contributed by atoms with Gasteiger partial charge in [-0.25, -0.2) is 0 Å². The largest absolute Gasteiger partial charge is 0.296 e. The first kappa shape index (κ1) is 15.0. The van der Waals surface area contributed by atoms with Crippen LogP contribution in [0.3, 0.4) is 0 Å². The van der Waals surface area contributed by atoms with Crippen molar-refractivity contribution >= 4 is 0 Å². The van der Waals surface area contributed by atoms with Gasteiger partial charge in [-0.05, 0) is 37.3 Å². The summed E-state index contributed by atoms with van der Waals surface area (Å²) in [5, 5.41) is 0. The van der Waals surface area contributed by atoms with Crippen molar-refractivity contribution in [2.24, 2.45) is 0 Å². The van der Waals surface area contributed by atoms with Gasteiger partial charge in [-0.3, -0.25) is 14.8 Å². The van der Waals surface area contributed by atoms with Crippen LogP contribution in [0.4, 0.5) is 0 Å². The zero-order valence-corrected chi connectivity index (χ0v) is 13.8. The molecule has 1 atom stereocenters. The van der Waals surface area contributed by atoms with Crippen LogP contribution < -0.4 is 0 Å². The van der Waals surface area contributed by atoms with E-state index < -0.39 is 0 Å². The molecule has 21 heavy (non-hydrogen) atoms. The molecule has 3 heteroatoms. The number of aromatic nitrogens is 1. The molecule has 2 fully saturated rings. The normalized spacial score (nSPS) is 25.2. The maximum absolute atomic E-state index is 4.59. The Hall–Kier alpha value is -0.930. The van der Waals surface area contributed by atoms with Gasteiger partial charge >= 0.3 is 0 Å². The molecule has 1 unspecified atom stereocenters. The third kappa shape index (κ3) is 3.46. The molecule has 1 saturated heterocycles. The van der Waals surface area contributed by atoms with Crippen molar-refractivity contribution in [2.75, 3.05) is 19.6 Å². The maximum atomic E-state index is 4.59. The summed E-state index contributed by atoms with van der Waals surface area (Å²) in [6.07, 6.45) is 6.35. The van der Waals surface area contributed by atoms with Crippen LogP contribution in [0.15, 0.2) is 18.3 Å². The molecule has 2 heterocycles. The number of hydrogen-bond donors (Lipinski definition) is 0. The smallest absolute Gasteiger partial charge is 0.0429 e. The lowest BCUT2D eigenvalue weighted by molar-refractivity contribution is 0.0173. The first-order valence-electron chi connectivity index (χ1n) is 8.56. The van der Waals surface area contributed by atoms with E-state index in [4.69, 9.17) is 0 Å². The van der Waals surface area contributed by atoms with Crippen LogP contribution in [0, 0.1) is 0 Å². The van der Waals surface area contributed by atoms with E-state index in [9.17, 15) is 0 Å². The molecule has 1 aliphatic heterocycles. The van der Waals surface area contributed by atoms with E-state index in [1.165, 1.54) is 50.2 Å². The Labute approximate surface area is 129 Å². The Morgan fingerprint density at radius 2 is 2.05 bits per heavy atom. The fourth-order valence-corrected chi connectivity index (χ4v) is 3.58. The fraction of sp³-hybridized carbons (Fsp3) is 0.722. The van der Waals surface area contributed by atoms with Gasteiger partial charge in [-0.2, -0.15) is 0 Å². The quantitative estimate of drug-likeness (QED) is 0.847. The van der Waals surface area contributed by atoms with Crippen molar-refractivity contribution in [3.8, 4) is 0 Å². The molecule has 0 radical (unpaired) electrons. The number of nitrogens with zero attached hydrogens (tertiary/aromatic N) is 3. The average molecular weight is 287 g/mol. The molecule has 0 bridgehead atoms. The molecule has 1 aromatic heterocycles. The van der Waals surface area contributed by atoms with E-state index in [1.807, 2.05) is 0 Å². The molecule has 116 valence electrons. The second kappa shape index (κ2) is 6.45. The first-order valence-corrected chi connectivity index (χ1v) is 8.56. The third-order valence-corrected chi connectivity index (χ3v) is 5.15. The Balaban J connectivity index is 1.54. The molecule has 1 saturated carbocycles. The lowest BCUT2D eigenvalue weighted by Gasteiger charge is -2.47. The molecule has 0 aromatic carbocycles. The molecule has 0 N–H and O–H groups in total. The van der Waals surface area contributed by atoms with Crippen molar-refractivity contribution in [1.29, 1.82) is 0 Å². The van der Waals surface area contributed by atoms with E-state index in [-0.39, 0.29) is 0 Å². The lowest BCUT2D eigenvalue weighted by Crippen LogP contribution is -2.56. The van der Waals surface area contributed by atoms with Crippen molar-refractivity contribution in [1.82, 2.24) is 14.8 Å². The minimum atomic E-state index is 0.519. The average Bonchev–Trinajstić information content (AvgIpc) is 2.40. The standard InChI is InChI=1S/C18H29N3/c1-14(2)18-8-7-16(11-19-18)13-20-9-10-21(15(3)12-20)17-5-4-6-17/h7-8,11,14-15,17H,4-6,9-10,12-13H2,1-3H3. The maximum Gasteiger partial charge on any atom is 0.0429 e. The monoisotopic (exact) mass is 287 g/mol. The summed E-state index contributed by atoms with van der Waals surface area (Å²) in [6, 6.07) is 6.03. The van der Waals surface area contributed by atoms with Gasteiger partial charge in [-0.15, -0.1) is 0 Å². The van der Waals surface area contributed by atoms with Crippen molar-refractivity contribution in [3.63, 3.8) is 0 Å². The van der Waals surface area contributed by atoms with Crippen molar-refractivity contribution < 1.29 is 0 Å². The minimum absolute atomic E-state index is 0.519. The minimum Gasteiger partial charge on any atom is -0.296 e. The highest BCUT2D eigenvalue weighted by Crippen LogP contribution is 2.28. The number of pyridine rings is 1. The van der Waals surface area contributed by atoms with Crippen molar-refractivity contribution in [2.45, 2.75) is 64.6 Å². The summed E-state index contributed by atoms with van der Waals surface area (Å²) in [5.41, 5.74) is 2.55. The molecule has 1 aliphatic carbocycles. The van der Waals surface area contributed by atoms with Gasteiger partial charge in [0.15, 0.2) is 0 Å². The van der Waals surface area contributed by atoms with Crippen LogP contribution >= 0.6 is 0 Å². The summed E-state index contributed by atoms with van der Waals surface area (Å²) in [7, 11) is 0. The lowest BCUT2D eigenvalue weighted by atomic mass is 9.89. The molecule has 1 aromatic rings. The van der Waals surface area contributed by atoms with Crippen LogP contribution in [-0.4, -0.2) is 46.5 Å². The van der Waals surface area contributed by atoms with Crippen LogP contribution in [0.5, 0.6) is 0 Å². The molecule has 2 aliphatic rings. The number of piperazine rings is 1. The summed E-state index contributed by atoms with van der Waals surface area (Å²) in [5.74, 6) is 0.519. The SMILES string of the molecule is CC(C)c1ccc(CN2CCN(C3CCC3)C(C)C2)cn1. The van der Waals surface area contributed by atoms with Crippen LogP contribution in [0.25, 0.3) is 0 Å². The number of hydrogen-bond acceptors (Lipinski definition) is 3. The highest BCUT2D eigenvalue weighted by atomic mass is 15.3. The van der Waals surface area contributed by atoms with E-state index >= 15 is 0 Å². The Bertz CT molecular complexity index is 450. The second-order valence-electron chi connectivity index (χ2n) is 7.15. The van der Waals surface area contributed by atoms with Crippen LogP contribution in [0.2, 0.25) is 0 Å². The zero-order chi connectivity index (χ0) is 14.8. The van der Waals surface area contributed by atoms with E-state index in [0.717, 1.165) is 12.6 Å². The van der Waals surface area contributed by atoms with Gasteiger partial charge in [0, 0.05) is 50.2 Å². The number of rotatable bonds is 4. The van der Waals surface area contributed by atoms with Gasteiger partial charge in [0.05, 0.1) is 0 Å². The second-order valence-corrected chi connectivity index (χ2v) is 7.15. The van der Waals surface area contributed by atoms with Gasteiger partial charge in [-0.1, -0.05) is 26.3 Å². The summed E-state index contributed by atoms with van der Waals surface area (Å²) in [4.78, 5) is 9.92. The van der Waals surface area contributed by atoms with Gasteiger partial charge in [0.1, 0.15) is 0 Å². The van der Waals surface area contributed by atoms with Crippen LogP contribution in [-0.2, 0) is 6.54 Å². The highest BCUT2D eigenvalue weighted by Gasteiger charge is 2.32. The summed E-state index contributed by atoms with van der Waals surface area (Å²) in [6.45, 7) is 11.5. The molecule has 3 nitrogen and oxygen atoms in total. The highest BCUT2D eigenvalue weighted by molar-refractivity contribution is 5.16. The van der Waals surface area contributed by atoms with Gasteiger partial charge in [0.2, 0.25) is 0 Å². The Morgan fingerprint density at radius 1 is 1.24 bits per heavy atom. The predicted octanol–water partition coefficient (Wildman–Crippen LogP) is 3.26. The fourth-order valence-electron chi connectivity index (χ4n) is 3.58. The summed E-state index contributed by atoms with van der Waals surface area (Å²) >= 11 is 0. The molecular weight excluding hydrogens is 258 g/mol. The van der Waals surface area contributed by atoms with E-state index in [1.54, 1.807) is 0 Å². The predicted molar refractivity (Wildman–Crippen MR) is 87.4 cm³/mol. The Morgan fingerprint density at radius 3 is 2.57 bits per heavy atom. The Kier molecular flexibility index (Phi) is 4.60. The summed E-state index contributed by atoms with van der Waals surface area (Å²) < 4.78 is 0. The van der Waals surface area contributed by atoms with E-state index in [2.05, 4.69) is 53.9 Å². The van der Waals surface area contributed by atoms with Crippen molar-refractivity contribution in [3.05, 3.63) is 29.6 Å². The topological polar surface area (TPSA) is 19.4 Å². The van der Waals surface area contributed by atoms with E-state index in [0.29, 0.717) is 12.0 Å². The molecule has 0 amide bonds. The van der Waals surface area contributed by atoms with Gasteiger partial charge < -0.3 is 0 Å².